The van der Waals surface area contributed by atoms with E-state index in [9.17, 15) is 18.0 Å². The van der Waals surface area contributed by atoms with Crippen molar-refractivity contribution in [1.82, 2.24) is 0 Å². The van der Waals surface area contributed by atoms with Crippen LogP contribution in [0.15, 0.2) is 22.7 Å². The van der Waals surface area contributed by atoms with Gasteiger partial charge in [0.2, 0.25) is 0 Å². The summed E-state index contributed by atoms with van der Waals surface area (Å²) in [4.78, 5) is 10.7. The molecule has 0 heterocycles. The van der Waals surface area contributed by atoms with Crippen LogP contribution in [-0.4, -0.2) is 12.1 Å². The highest BCUT2D eigenvalue weighted by Crippen LogP contribution is 2.26. The first-order valence-corrected chi connectivity index (χ1v) is 5.30. The maximum atomic E-state index is 12.0. The van der Waals surface area contributed by atoms with Gasteiger partial charge in [-0.2, -0.15) is 13.2 Å². The number of hydrogen-bond donors (Lipinski definition) is 1. The largest absolute Gasteiger partial charge is 0.471 e. The number of benzene rings is 1. The third-order valence-electron chi connectivity index (χ3n) is 1.94. The predicted molar refractivity (Wildman–Crippen MR) is 58.2 cm³/mol. The first-order valence-electron chi connectivity index (χ1n) is 4.51. The monoisotopic (exact) mass is 295 g/mol. The summed E-state index contributed by atoms with van der Waals surface area (Å²) in [6, 6.07) is 4.88. The molecule has 0 atom stereocenters. The van der Waals surface area contributed by atoms with Gasteiger partial charge in [-0.05, 0) is 40.0 Å². The number of anilines is 1. The first-order chi connectivity index (χ1) is 7.34. The van der Waals surface area contributed by atoms with Crippen LogP contribution in [0.25, 0.3) is 0 Å². The maximum Gasteiger partial charge on any atom is 0.471 e. The van der Waals surface area contributed by atoms with E-state index in [1.165, 1.54) is 6.07 Å². The number of halogens is 4. The zero-order chi connectivity index (χ0) is 12.3. The van der Waals surface area contributed by atoms with Crippen molar-refractivity contribution in [3.05, 3.63) is 28.2 Å². The molecule has 0 aromatic heterocycles. The molecule has 6 heteroatoms. The smallest absolute Gasteiger partial charge is 0.317 e. The van der Waals surface area contributed by atoms with E-state index in [1.54, 1.807) is 12.1 Å². The second-order valence-corrected chi connectivity index (χ2v) is 3.97. The number of alkyl halides is 3. The molecule has 1 aromatic rings. The minimum absolute atomic E-state index is 0.127. The van der Waals surface area contributed by atoms with Gasteiger partial charge in [0.25, 0.3) is 0 Å². The van der Waals surface area contributed by atoms with Gasteiger partial charge in [0.1, 0.15) is 0 Å². The van der Waals surface area contributed by atoms with Crippen molar-refractivity contribution in [3.63, 3.8) is 0 Å². The zero-order valence-corrected chi connectivity index (χ0v) is 9.95. The standard InChI is InChI=1S/C10H9BrF3NO/c1-2-6-3-4-7(11)8(5-6)15-9(16)10(12,13)14/h3-5H,2H2,1H3,(H,15,16). The van der Waals surface area contributed by atoms with E-state index in [0.29, 0.717) is 10.9 Å². The molecule has 1 amide bonds. The molecule has 0 radical (unpaired) electrons. The lowest BCUT2D eigenvalue weighted by Crippen LogP contribution is -2.30. The van der Waals surface area contributed by atoms with Crippen molar-refractivity contribution in [2.24, 2.45) is 0 Å². The molecule has 0 saturated heterocycles. The fraction of sp³-hybridized carbons (Fsp3) is 0.300. The van der Waals surface area contributed by atoms with E-state index in [-0.39, 0.29) is 5.69 Å². The summed E-state index contributed by atoms with van der Waals surface area (Å²) in [6.07, 6.45) is -4.19. The van der Waals surface area contributed by atoms with Crippen LogP contribution >= 0.6 is 15.9 Å². The van der Waals surface area contributed by atoms with E-state index in [4.69, 9.17) is 0 Å². The highest BCUT2D eigenvalue weighted by molar-refractivity contribution is 9.10. The van der Waals surface area contributed by atoms with Gasteiger partial charge in [-0.25, -0.2) is 0 Å². The molecule has 2 nitrogen and oxygen atoms in total. The molecule has 1 N–H and O–H groups in total. The Morgan fingerprint density at radius 1 is 1.44 bits per heavy atom. The van der Waals surface area contributed by atoms with Crippen molar-refractivity contribution in [2.45, 2.75) is 19.5 Å². The lowest BCUT2D eigenvalue weighted by molar-refractivity contribution is -0.167. The Bertz CT molecular complexity index is 404. The number of nitrogens with one attached hydrogen (secondary N) is 1. The summed E-state index contributed by atoms with van der Waals surface area (Å²) in [5.74, 6) is -1.97. The third-order valence-corrected chi connectivity index (χ3v) is 2.64. The van der Waals surface area contributed by atoms with Crippen molar-refractivity contribution in [2.75, 3.05) is 5.32 Å². The summed E-state index contributed by atoms with van der Waals surface area (Å²) >= 11 is 3.07. The molecule has 16 heavy (non-hydrogen) atoms. The van der Waals surface area contributed by atoms with E-state index in [0.717, 1.165) is 5.56 Å². The van der Waals surface area contributed by atoms with Gasteiger partial charge < -0.3 is 5.32 Å². The van der Waals surface area contributed by atoms with Crippen LogP contribution in [0.4, 0.5) is 18.9 Å². The molecule has 0 unspecified atom stereocenters. The molecule has 0 saturated carbocycles. The topological polar surface area (TPSA) is 29.1 Å². The average molecular weight is 296 g/mol. The number of hydrogen-bond acceptors (Lipinski definition) is 1. The van der Waals surface area contributed by atoms with Gasteiger partial charge in [0, 0.05) is 4.47 Å². The van der Waals surface area contributed by atoms with Gasteiger partial charge in [0.05, 0.1) is 5.69 Å². The second-order valence-electron chi connectivity index (χ2n) is 3.12. The van der Waals surface area contributed by atoms with Gasteiger partial charge in [-0.15, -0.1) is 0 Å². The minimum atomic E-state index is -4.87. The van der Waals surface area contributed by atoms with Gasteiger partial charge >= 0.3 is 12.1 Å². The molecule has 1 rings (SSSR count). The molecule has 0 bridgehead atoms. The van der Waals surface area contributed by atoms with Crippen LogP contribution in [0.5, 0.6) is 0 Å². The fourth-order valence-corrected chi connectivity index (χ4v) is 1.43. The first kappa shape index (κ1) is 13.0. The lowest BCUT2D eigenvalue weighted by Gasteiger charge is -2.10. The number of carbonyl (C=O) groups is 1. The van der Waals surface area contributed by atoms with Gasteiger partial charge in [0.15, 0.2) is 0 Å². The Labute approximate surface area is 99.0 Å². The predicted octanol–water partition coefficient (Wildman–Crippen LogP) is 3.51. The zero-order valence-electron chi connectivity index (χ0n) is 8.36. The molecular weight excluding hydrogens is 287 g/mol. The van der Waals surface area contributed by atoms with Crippen LogP contribution in [0.2, 0.25) is 0 Å². The van der Waals surface area contributed by atoms with E-state index < -0.39 is 12.1 Å². The van der Waals surface area contributed by atoms with E-state index in [1.807, 2.05) is 12.2 Å². The Kier molecular flexibility index (Phi) is 3.96. The Hall–Kier alpha value is -1.04. The summed E-state index contributed by atoms with van der Waals surface area (Å²) in [7, 11) is 0. The molecule has 0 aliphatic carbocycles. The van der Waals surface area contributed by atoms with Crippen LogP contribution in [0.3, 0.4) is 0 Å². The molecule has 0 fully saturated rings. The number of carbonyl (C=O) groups excluding carboxylic acids is 1. The van der Waals surface area contributed by atoms with Gasteiger partial charge in [-0.1, -0.05) is 13.0 Å². The Balaban J connectivity index is 2.92. The normalized spacial score (nSPS) is 11.3. The van der Waals surface area contributed by atoms with E-state index in [2.05, 4.69) is 15.9 Å². The fourth-order valence-electron chi connectivity index (χ4n) is 1.08. The Morgan fingerprint density at radius 3 is 2.56 bits per heavy atom. The quantitative estimate of drug-likeness (QED) is 0.889. The van der Waals surface area contributed by atoms with E-state index >= 15 is 0 Å². The SMILES string of the molecule is CCc1ccc(Br)c(NC(=O)C(F)(F)F)c1. The van der Waals surface area contributed by atoms with Crippen molar-refractivity contribution in [3.8, 4) is 0 Å². The van der Waals surface area contributed by atoms with Crippen LogP contribution in [0, 0.1) is 0 Å². The summed E-state index contributed by atoms with van der Waals surface area (Å²) in [6.45, 7) is 1.87. The summed E-state index contributed by atoms with van der Waals surface area (Å²) < 4.78 is 36.5. The number of aryl methyl sites for hydroxylation is 1. The molecule has 0 aliphatic heterocycles. The van der Waals surface area contributed by atoms with Crippen LogP contribution in [-0.2, 0) is 11.2 Å². The highest BCUT2D eigenvalue weighted by Gasteiger charge is 2.38. The van der Waals surface area contributed by atoms with Crippen molar-refractivity contribution >= 4 is 27.5 Å². The molecular formula is C10H9BrF3NO. The minimum Gasteiger partial charge on any atom is -0.317 e. The highest BCUT2D eigenvalue weighted by atomic mass is 79.9. The third kappa shape index (κ3) is 3.23. The second kappa shape index (κ2) is 4.86. The molecule has 0 aliphatic rings. The Morgan fingerprint density at radius 2 is 2.06 bits per heavy atom. The van der Waals surface area contributed by atoms with Crippen molar-refractivity contribution in [1.29, 1.82) is 0 Å². The average Bonchev–Trinajstić information content (AvgIpc) is 2.19. The molecule has 1 aromatic carbocycles. The van der Waals surface area contributed by atoms with Crippen molar-refractivity contribution < 1.29 is 18.0 Å². The lowest BCUT2D eigenvalue weighted by atomic mass is 10.1. The number of rotatable bonds is 2. The number of amides is 1. The summed E-state index contributed by atoms with van der Waals surface area (Å²) in [5.41, 5.74) is 0.974. The molecule has 88 valence electrons. The van der Waals surface area contributed by atoms with Gasteiger partial charge in [-0.3, -0.25) is 4.79 Å². The maximum absolute atomic E-state index is 12.0. The van der Waals surface area contributed by atoms with Crippen LogP contribution in [0.1, 0.15) is 12.5 Å². The molecule has 0 spiro atoms. The van der Waals surface area contributed by atoms with Crippen LogP contribution < -0.4 is 5.32 Å². The summed E-state index contributed by atoms with van der Waals surface area (Å²) in [5, 5.41) is 1.81.